The third-order valence-electron chi connectivity index (χ3n) is 8.79. The van der Waals surface area contributed by atoms with Gasteiger partial charge >= 0.3 is 5.97 Å². The lowest BCUT2D eigenvalue weighted by atomic mass is 9.40. The molecule has 24 heavy (non-hydrogen) atoms. The molecule has 4 saturated carbocycles. The normalized spacial score (nSPS) is 56.5. The van der Waals surface area contributed by atoms with Crippen LogP contribution in [0, 0.1) is 28.1 Å². The van der Waals surface area contributed by atoms with E-state index in [4.69, 9.17) is 0 Å². The summed E-state index contributed by atoms with van der Waals surface area (Å²) < 4.78 is 0. The van der Waals surface area contributed by atoms with Gasteiger partial charge in [0.2, 0.25) is 0 Å². The zero-order valence-corrected chi connectivity index (χ0v) is 14.8. The Bertz CT molecular complexity index is 615. The van der Waals surface area contributed by atoms with Crippen LogP contribution in [0.2, 0.25) is 0 Å². The zero-order chi connectivity index (χ0) is 17.5. The lowest BCUT2D eigenvalue weighted by Crippen LogP contribution is -2.60. The highest BCUT2D eigenvalue weighted by molar-refractivity contribution is 5.75. The van der Waals surface area contributed by atoms with Crippen molar-refractivity contribution in [1.29, 1.82) is 0 Å². The molecule has 4 fully saturated rings. The topological polar surface area (TPSA) is 77.8 Å². The number of hydrogen-bond donors (Lipinski definition) is 3. The number of aliphatic carboxylic acids is 1. The van der Waals surface area contributed by atoms with E-state index in [1.54, 1.807) is 0 Å². The van der Waals surface area contributed by atoms with Gasteiger partial charge in [0.25, 0.3) is 0 Å². The SMILES string of the molecule is C=C1[C@H](O)[C@@]23CCC4[C@@](C)(CCC[C@@]4(C)C(=O)O)C2CC[C@]1(O)C3. The largest absolute Gasteiger partial charge is 0.481 e. The van der Waals surface area contributed by atoms with Gasteiger partial charge in [0, 0.05) is 5.41 Å². The van der Waals surface area contributed by atoms with Crippen LogP contribution in [-0.4, -0.2) is 33.0 Å². The highest BCUT2D eigenvalue weighted by Gasteiger charge is 2.70. The standard InChI is InChI=1S/C20H30O4/c1-12-15(21)19-9-5-13-17(2,7-4-8-18(13,3)16(22)23)14(19)6-10-20(12,24)11-19/h13-15,21,24H,1,4-11H2,2-3H3,(H,22,23)/t13?,14?,15-,17+,18+,19+,20-/m0/s1. The smallest absolute Gasteiger partial charge is 0.309 e. The molecule has 0 aliphatic heterocycles. The number of carbonyl (C=O) groups is 1. The molecule has 0 heterocycles. The Balaban J connectivity index is 1.79. The number of aliphatic hydroxyl groups excluding tert-OH is 1. The fourth-order valence-electron chi connectivity index (χ4n) is 7.62. The molecule has 2 bridgehead atoms. The van der Waals surface area contributed by atoms with Crippen LogP contribution < -0.4 is 0 Å². The summed E-state index contributed by atoms with van der Waals surface area (Å²) in [5.74, 6) is -0.241. The van der Waals surface area contributed by atoms with E-state index in [1.165, 1.54) is 0 Å². The molecular formula is C20H30O4. The molecule has 1 spiro atoms. The van der Waals surface area contributed by atoms with Gasteiger partial charge in [-0.15, -0.1) is 0 Å². The maximum atomic E-state index is 12.1. The lowest BCUT2D eigenvalue weighted by molar-refractivity contribution is -0.195. The summed E-state index contributed by atoms with van der Waals surface area (Å²) in [7, 11) is 0. The van der Waals surface area contributed by atoms with Crippen LogP contribution in [0.1, 0.15) is 65.2 Å². The van der Waals surface area contributed by atoms with Gasteiger partial charge in [0.15, 0.2) is 0 Å². The molecule has 134 valence electrons. The minimum absolute atomic E-state index is 0.0728. The zero-order valence-electron chi connectivity index (χ0n) is 14.8. The van der Waals surface area contributed by atoms with Gasteiger partial charge in [-0.1, -0.05) is 19.9 Å². The van der Waals surface area contributed by atoms with Crippen LogP contribution >= 0.6 is 0 Å². The minimum Gasteiger partial charge on any atom is -0.481 e. The quantitative estimate of drug-likeness (QED) is 0.644. The molecule has 3 N–H and O–H groups in total. The Morgan fingerprint density at radius 1 is 1.12 bits per heavy atom. The molecule has 0 aromatic carbocycles. The third-order valence-corrected chi connectivity index (χ3v) is 8.79. The van der Waals surface area contributed by atoms with E-state index in [2.05, 4.69) is 13.5 Å². The summed E-state index contributed by atoms with van der Waals surface area (Å²) in [5, 5.41) is 31.8. The summed E-state index contributed by atoms with van der Waals surface area (Å²) in [6.45, 7) is 8.22. The molecule has 0 aromatic rings. The number of aliphatic hydroxyl groups is 2. The molecule has 4 aliphatic carbocycles. The molecular weight excluding hydrogens is 304 g/mol. The van der Waals surface area contributed by atoms with Crippen LogP contribution in [0.5, 0.6) is 0 Å². The molecule has 0 saturated heterocycles. The molecule has 4 heteroatoms. The van der Waals surface area contributed by atoms with Crippen LogP contribution in [0.25, 0.3) is 0 Å². The Hall–Kier alpha value is -0.870. The van der Waals surface area contributed by atoms with Crippen molar-refractivity contribution in [2.24, 2.45) is 28.1 Å². The van der Waals surface area contributed by atoms with Gasteiger partial charge in [-0.2, -0.15) is 0 Å². The number of rotatable bonds is 1. The molecule has 0 aromatic heterocycles. The van der Waals surface area contributed by atoms with Crippen LogP contribution in [0.15, 0.2) is 12.2 Å². The maximum absolute atomic E-state index is 12.1. The van der Waals surface area contributed by atoms with Gasteiger partial charge in [-0.3, -0.25) is 4.79 Å². The summed E-state index contributed by atoms with van der Waals surface area (Å²) in [6.07, 6.45) is 5.84. The Kier molecular flexibility index (Phi) is 3.21. The van der Waals surface area contributed by atoms with E-state index >= 15 is 0 Å². The first kappa shape index (κ1) is 16.6. The molecule has 4 rings (SSSR count). The van der Waals surface area contributed by atoms with E-state index < -0.39 is 23.1 Å². The number of hydrogen-bond acceptors (Lipinski definition) is 3. The van der Waals surface area contributed by atoms with Crippen molar-refractivity contribution >= 4 is 5.97 Å². The Labute approximate surface area is 144 Å². The number of carboxylic acids is 1. The molecule has 0 amide bonds. The highest BCUT2D eigenvalue weighted by atomic mass is 16.4. The second-order valence-corrected chi connectivity index (χ2v) is 9.63. The van der Waals surface area contributed by atoms with E-state index in [-0.39, 0.29) is 22.7 Å². The first-order valence-corrected chi connectivity index (χ1v) is 9.43. The van der Waals surface area contributed by atoms with Crippen molar-refractivity contribution in [3.8, 4) is 0 Å². The van der Waals surface area contributed by atoms with Crippen molar-refractivity contribution in [3.63, 3.8) is 0 Å². The van der Waals surface area contributed by atoms with E-state index in [1.807, 2.05) is 6.92 Å². The predicted octanol–water partition coefficient (Wildman–Crippen LogP) is 3.13. The van der Waals surface area contributed by atoms with Crippen molar-refractivity contribution in [2.45, 2.75) is 76.9 Å². The average Bonchev–Trinajstić information content (AvgIpc) is 2.64. The van der Waals surface area contributed by atoms with Gasteiger partial charge in [-0.25, -0.2) is 0 Å². The monoisotopic (exact) mass is 334 g/mol. The number of fused-ring (bicyclic) bond motifs is 3. The summed E-state index contributed by atoms with van der Waals surface area (Å²) in [5.41, 5.74) is -1.35. The van der Waals surface area contributed by atoms with E-state index in [9.17, 15) is 20.1 Å². The summed E-state index contributed by atoms with van der Waals surface area (Å²) in [6, 6.07) is 0. The van der Waals surface area contributed by atoms with Gasteiger partial charge in [0.05, 0.1) is 17.1 Å². The molecule has 0 radical (unpaired) electrons. The Morgan fingerprint density at radius 2 is 1.79 bits per heavy atom. The fourth-order valence-corrected chi connectivity index (χ4v) is 7.62. The summed E-state index contributed by atoms with van der Waals surface area (Å²) in [4.78, 5) is 12.1. The van der Waals surface area contributed by atoms with Crippen LogP contribution in [0.4, 0.5) is 0 Å². The third kappa shape index (κ3) is 1.69. The van der Waals surface area contributed by atoms with Crippen molar-refractivity contribution in [2.75, 3.05) is 0 Å². The molecule has 7 atom stereocenters. The van der Waals surface area contributed by atoms with Crippen LogP contribution in [0.3, 0.4) is 0 Å². The van der Waals surface area contributed by atoms with E-state index in [0.29, 0.717) is 18.4 Å². The second kappa shape index (κ2) is 4.64. The van der Waals surface area contributed by atoms with Crippen molar-refractivity contribution < 1.29 is 20.1 Å². The molecule has 4 aliphatic rings. The molecule has 2 unspecified atom stereocenters. The highest BCUT2D eigenvalue weighted by Crippen LogP contribution is 2.72. The fraction of sp³-hybridized carbons (Fsp3) is 0.850. The minimum atomic E-state index is -0.913. The van der Waals surface area contributed by atoms with Gasteiger partial charge in [-0.05, 0) is 74.7 Å². The van der Waals surface area contributed by atoms with E-state index in [0.717, 1.165) is 38.5 Å². The lowest BCUT2D eigenvalue weighted by Gasteiger charge is -2.64. The van der Waals surface area contributed by atoms with Gasteiger partial charge in [0.1, 0.15) is 0 Å². The number of carboxylic acid groups (broad SMARTS) is 1. The average molecular weight is 334 g/mol. The first-order valence-electron chi connectivity index (χ1n) is 9.43. The van der Waals surface area contributed by atoms with Gasteiger partial charge < -0.3 is 15.3 Å². The predicted molar refractivity (Wildman–Crippen MR) is 90.3 cm³/mol. The van der Waals surface area contributed by atoms with Crippen LogP contribution in [-0.2, 0) is 4.79 Å². The van der Waals surface area contributed by atoms with Crippen molar-refractivity contribution in [3.05, 3.63) is 12.2 Å². The Morgan fingerprint density at radius 3 is 2.46 bits per heavy atom. The van der Waals surface area contributed by atoms with Crippen molar-refractivity contribution in [1.82, 2.24) is 0 Å². The first-order chi connectivity index (χ1) is 11.1. The molecule has 4 nitrogen and oxygen atoms in total. The summed E-state index contributed by atoms with van der Waals surface area (Å²) >= 11 is 0. The second-order valence-electron chi connectivity index (χ2n) is 9.63. The maximum Gasteiger partial charge on any atom is 0.309 e.